The monoisotopic (exact) mass is 228 g/mol. The van der Waals surface area contributed by atoms with Crippen LogP contribution in [0.3, 0.4) is 0 Å². The SMILES string of the molecule is O=C(NC(=O)c1cnccn1)c1ccccn1. The smallest absolute Gasteiger partial charge is 0.278 e. The Kier molecular flexibility index (Phi) is 3.15. The normalized spacial score (nSPS) is 9.65. The molecule has 0 aliphatic heterocycles. The average molecular weight is 228 g/mol. The molecule has 6 heteroatoms. The minimum absolute atomic E-state index is 0.0804. The molecule has 6 nitrogen and oxygen atoms in total. The number of carbonyl (C=O) groups is 2. The van der Waals surface area contributed by atoms with Crippen molar-refractivity contribution >= 4 is 11.8 Å². The van der Waals surface area contributed by atoms with Gasteiger partial charge in [0.1, 0.15) is 11.4 Å². The molecule has 2 heterocycles. The lowest BCUT2D eigenvalue weighted by molar-refractivity contribution is 0.0843. The van der Waals surface area contributed by atoms with E-state index >= 15 is 0 Å². The fourth-order valence-corrected chi connectivity index (χ4v) is 1.14. The summed E-state index contributed by atoms with van der Waals surface area (Å²) in [7, 11) is 0. The highest BCUT2D eigenvalue weighted by atomic mass is 16.2. The first kappa shape index (κ1) is 10.9. The topological polar surface area (TPSA) is 84.8 Å². The van der Waals surface area contributed by atoms with Crippen LogP contribution in [0.5, 0.6) is 0 Å². The van der Waals surface area contributed by atoms with E-state index in [1.807, 2.05) is 0 Å². The number of imide groups is 1. The van der Waals surface area contributed by atoms with Gasteiger partial charge in [-0.25, -0.2) is 4.98 Å². The second-order valence-electron chi connectivity index (χ2n) is 3.09. The van der Waals surface area contributed by atoms with Gasteiger partial charge in [-0.2, -0.15) is 0 Å². The van der Waals surface area contributed by atoms with Crippen LogP contribution in [0.25, 0.3) is 0 Å². The summed E-state index contributed by atoms with van der Waals surface area (Å²) in [5.74, 6) is -1.17. The second kappa shape index (κ2) is 4.93. The molecule has 0 aromatic carbocycles. The minimum atomic E-state index is -0.603. The second-order valence-corrected chi connectivity index (χ2v) is 3.09. The van der Waals surface area contributed by atoms with E-state index in [-0.39, 0.29) is 11.4 Å². The Balaban J connectivity index is 2.08. The predicted octanol–water partition coefficient (Wildman–Crippen LogP) is 0.442. The molecule has 2 aromatic rings. The molecule has 0 saturated carbocycles. The van der Waals surface area contributed by atoms with Crippen molar-refractivity contribution in [2.45, 2.75) is 0 Å². The largest absolute Gasteiger partial charge is 0.285 e. The summed E-state index contributed by atoms with van der Waals surface area (Å²) in [6.07, 6.45) is 5.57. The molecule has 0 unspecified atom stereocenters. The number of nitrogens with zero attached hydrogens (tertiary/aromatic N) is 3. The Hall–Kier alpha value is -2.63. The lowest BCUT2D eigenvalue weighted by atomic mass is 10.3. The zero-order valence-corrected chi connectivity index (χ0v) is 8.70. The molecule has 2 rings (SSSR count). The molecule has 84 valence electrons. The van der Waals surface area contributed by atoms with Crippen LogP contribution in [-0.4, -0.2) is 26.8 Å². The zero-order chi connectivity index (χ0) is 12.1. The molecule has 2 amide bonds. The molecular formula is C11H8N4O2. The molecule has 0 bridgehead atoms. The number of pyridine rings is 1. The number of rotatable bonds is 2. The highest BCUT2D eigenvalue weighted by Gasteiger charge is 2.13. The van der Waals surface area contributed by atoms with Gasteiger partial charge in [0, 0.05) is 18.6 Å². The molecular weight excluding hydrogens is 220 g/mol. The summed E-state index contributed by atoms with van der Waals surface area (Å²) < 4.78 is 0. The maximum Gasteiger partial charge on any atom is 0.278 e. The van der Waals surface area contributed by atoms with Crippen molar-refractivity contribution in [3.05, 3.63) is 54.4 Å². The average Bonchev–Trinajstić information content (AvgIpc) is 2.40. The van der Waals surface area contributed by atoms with Crippen LogP contribution in [0.15, 0.2) is 43.0 Å². The number of hydrogen-bond acceptors (Lipinski definition) is 5. The Labute approximate surface area is 96.8 Å². The minimum Gasteiger partial charge on any atom is -0.285 e. The highest BCUT2D eigenvalue weighted by molar-refractivity contribution is 6.08. The molecule has 1 N–H and O–H groups in total. The van der Waals surface area contributed by atoms with Crippen LogP contribution in [0.2, 0.25) is 0 Å². The maximum absolute atomic E-state index is 11.6. The van der Waals surface area contributed by atoms with Crippen LogP contribution in [0.4, 0.5) is 0 Å². The Morgan fingerprint density at radius 2 is 1.71 bits per heavy atom. The number of carbonyl (C=O) groups excluding carboxylic acids is 2. The van der Waals surface area contributed by atoms with Crippen molar-refractivity contribution in [1.82, 2.24) is 20.3 Å². The molecule has 0 fully saturated rings. The summed E-state index contributed by atoms with van der Waals surface area (Å²) in [5.41, 5.74) is 0.251. The molecule has 0 atom stereocenters. The van der Waals surface area contributed by atoms with E-state index in [1.54, 1.807) is 12.1 Å². The van der Waals surface area contributed by atoms with Crippen molar-refractivity contribution < 1.29 is 9.59 Å². The Morgan fingerprint density at radius 1 is 0.941 bits per heavy atom. The van der Waals surface area contributed by atoms with E-state index in [4.69, 9.17) is 0 Å². The number of aromatic nitrogens is 3. The zero-order valence-electron chi connectivity index (χ0n) is 8.70. The van der Waals surface area contributed by atoms with Crippen molar-refractivity contribution in [1.29, 1.82) is 0 Å². The molecule has 0 aliphatic rings. The predicted molar refractivity (Wildman–Crippen MR) is 58.1 cm³/mol. The van der Waals surface area contributed by atoms with Crippen LogP contribution in [-0.2, 0) is 0 Å². The third-order valence-electron chi connectivity index (χ3n) is 1.92. The summed E-state index contributed by atoms with van der Waals surface area (Å²) >= 11 is 0. The quantitative estimate of drug-likeness (QED) is 0.754. The Morgan fingerprint density at radius 3 is 2.35 bits per heavy atom. The standard InChI is InChI=1S/C11H8N4O2/c16-10(8-3-1-2-4-13-8)15-11(17)9-7-12-5-6-14-9/h1-7H,(H,15,16,17). The summed E-state index contributed by atoms with van der Waals surface area (Å²) in [4.78, 5) is 34.5. The fourth-order valence-electron chi connectivity index (χ4n) is 1.14. The van der Waals surface area contributed by atoms with Gasteiger partial charge >= 0.3 is 0 Å². The van der Waals surface area contributed by atoms with Gasteiger partial charge in [-0.05, 0) is 12.1 Å². The van der Waals surface area contributed by atoms with E-state index in [0.29, 0.717) is 0 Å². The first-order chi connectivity index (χ1) is 8.27. The van der Waals surface area contributed by atoms with Crippen molar-refractivity contribution in [3.8, 4) is 0 Å². The van der Waals surface area contributed by atoms with Crippen molar-refractivity contribution in [2.75, 3.05) is 0 Å². The third kappa shape index (κ3) is 2.69. The van der Waals surface area contributed by atoms with Gasteiger partial charge in [-0.15, -0.1) is 0 Å². The first-order valence-electron chi connectivity index (χ1n) is 4.80. The van der Waals surface area contributed by atoms with E-state index in [0.717, 1.165) is 0 Å². The van der Waals surface area contributed by atoms with Crippen molar-refractivity contribution in [2.24, 2.45) is 0 Å². The lowest BCUT2D eigenvalue weighted by Crippen LogP contribution is -2.31. The fraction of sp³-hybridized carbons (Fsp3) is 0. The molecule has 17 heavy (non-hydrogen) atoms. The third-order valence-corrected chi connectivity index (χ3v) is 1.92. The van der Waals surface area contributed by atoms with E-state index in [2.05, 4.69) is 20.3 Å². The molecule has 0 aliphatic carbocycles. The van der Waals surface area contributed by atoms with Gasteiger partial charge in [-0.1, -0.05) is 6.07 Å². The van der Waals surface area contributed by atoms with E-state index < -0.39 is 11.8 Å². The number of nitrogens with one attached hydrogen (secondary N) is 1. The highest BCUT2D eigenvalue weighted by Crippen LogP contribution is 1.95. The summed E-state index contributed by atoms with van der Waals surface area (Å²) in [6, 6.07) is 4.86. The van der Waals surface area contributed by atoms with Crippen molar-refractivity contribution in [3.63, 3.8) is 0 Å². The van der Waals surface area contributed by atoms with Gasteiger partial charge in [0.25, 0.3) is 11.8 Å². The van der Waals surface area contributed by atoms with E-state index in [9.17, 15) is 9.59 Å². The van der Waals surface area contributed by atoms with Gasteiger partial charge in [-0.3, -0.25) is 24.9 Å². The first-order valence-corrected chi connectivity index (χ1v) is 4.80. The molecule has 0 spiro atoms. The summed E-state index contributed by atoms with van der Waals surface area (Å²) in [6.45, 7) is 0. The van der Waals surface area contributed by atoms with Gasteiger partial charge in [0.2, 0.25) is 0 Å². The summed E-state index contributed by atoms with van der Waals surface area (Å²) in [5, 5.41) is 2.17. The lowest BCUT2D eigenvalue weighted by Gasteiger charge is -2.01. The van der Waals surface area contributed by atoms with Gasteiger partial charge in [0.15, 0.2) is 0 Å². The van der Waals surface area contributed by atoms with Gasteiger partial charge < -0.3 is 0 Å². The van der Waals surface area contributed by atoms with E-state index in [1.165, 1.54) is 30.9 Å². The van der Waals surface area contributed by atoms with Crippen LogP contribution >= 0.6 is 0 Å². The number of amides is 2. The Bertz CT molecular complexity index is 478. The van der Waals surface area contributed by atoms with Gasteiger partial charge in [0.05, 0.1) is 6.20 Å². The van der Waals surface area contributed by atoms with Crippen LogP contribution in [0, 0.1) is 0 Å². The number of hydrogen-bond donors (Lipinski definition) is 1. The van der Waals surface area contributed by atoms with Crippen LogP contribution in [0.1, 0.15) is 21.0 Å². The molecule has 0 saturated heterocycles. The molecule has 0 radical (unpaired) electrons. The maximum atomic E-state index is 11.6. The molecule has 2 aromatic heterocycles. The van der Waals surface area contributed by atoms with Crippen LogP contribution < -0.4 is 5.32 Å².